The second-order valence-corrected chi connectivity index (χ2v) is 7.12. The molecule has 0 heterocycles. The van der Waals surface area contributed by atoms with E-state index in [2.05, 4.69) is 23.2 Å². The molecule has 0 aromatic rings. The van der Waals surface area contributed by atoms with Crippen molar-refractivity contribution in [3.05, 3.63) is 0 Å². The molecule has 4 fully saturated rings. The van der Waals surface area contributed by atoms with Crippen LogP contribution in [0.3, 0.4) is 0 Å². The van der Waals surface area contributed by atoms with Gasteiger partial charge in [-0.2, -0.15) is 35.1 Å². The summed E-state index contributed by atoms with van der Waals surface area (Å²) in [7, 11) is 0. The summed E-state index contributed by atoms with van der Waals surface area (Å²) in [4.78, 5) is 0. The molecule has 0 N–H and O–H groups in total. The Bertz CT molecular complexity index is 515. The van der Waals surface area contributed by atoms with Gasteiger partial charge in [0.25, 0.3) is 27.3 Å². The maximum atomic E-state index is 14.5. The van der Waals surface area contributed by atoms with Crippen molar-refractivity contribution in [3.63, 3.8) is 0 Å². The number of halogens is 16. The Labute approximate surface area is 142 Å². The number of hydrogen-bond donors (Lipinski definition) is 0. The summed E-state index contributed by atoms with van der Waals surface area (Å²) in [6.45, 7) is 0. The van der Waals surface area contributed by atoms with Crippen molar-refractivity contribution in [2.24, 2.45) is 0 Å². The van der Waals surface area contributed by atoms with Crippen LogP contribution in [0, 0.1) is 0 Å². The van der Waals surface area contributed by atoms with Crippen molar-refractivity contribution in [2.45, 2.75) is 56.6 Å². The molecule has 0 aromatic heterocycles. The lowest BCUT2D eigenvalue weighted by molar-refractivity contribution is -0.563. The Morgan fingerprint density at radius 3 is 0.769 bits per heavy atom. The Morgan fingerprint density at radius 2 is 0.500 bits per heavy atom. The first kappa shape index (κ1) is 20.3. The van der Waals surface area contributed by atoms with E-state index in [9.17, 15) is 61.5 Å². The van der Waals surface area contributed by atoms with Gasteiger partial charge >= 0.3 is 29.4 Å². The number of alkyl halides is 16. The highest BCUT2D eigenvalue weighted by molar-refractivity contribution is 6.30. The number of hydrogen-bond acceptors (Lipinski definition) is 0. The third-order valence-corrected chi connectivity index (χ3v) is 6.23. The summed E-state index contributed by atoms with van der Waals surface area (Å²) in [5.41, 5.74) is -28.9. The summed E-state index contributed by atoms with van der Waals surface area (Å²) in [5.74, 6) is -30.0. The molecule has 4 saturated carbocycles. The summed E-state index contributed by atoms with van der Waals surface area (Å²) >= 11 is 8.21. The van der Waals surface area contributed by atoms with Crippen LogP contribution in [0.25, 0.3) is 0 Å². The molecule has 16 heteroatoms. The van der Waals surface area contributed by atoms with E-state index in [1.54, 1.807) is 0 Å². The SMILES string of the molecule is FC1(F)C2(F)C(F)(F)[C@]3(F)C(F)(F)[C@](F)(C2(F)F)[C@](F)(Cl)C1(F)[C@]3(F)Cl. The second kappa shape index (κ2) is 3.86. The highest BCUT2D eigenvalue weighted by atomic mass is 35.5. The van der Waals surface area contributed by atoms with E-state index in [0.29, 0.717) is 0 Å². The highest BCUT2D eigenvalue weighted by Gasteiger charge is 3.22. The Kier molecular flexibility index (Phi) is 3.02. The van der Waals surface area contributed by atoms with Gasteiger partial charge in [0.05, 0.1) is 0 Å². The molecular formula is C10Cl2F14. The van der Waals surface area contributed by atoms with E-state index in [0.717, 1.165) is 0 Å². The molecule has 152 valence electrons. The Balaban J connectivity index is 2.71. The van der Waals surface area contributed by atoms with Crippen LogP contribution in [0.1, 0.15) is 0 Å². The fourth-order valence-corrected chi connectivity index (χ4v) is 4.81. The zero-order valence-electron chi connectivity index (χ0n) is 11.0. The topological polar surface area (TPSA) is 0 Å². The van der Waals surface area contributed by atoms with E-state index >= 15 is 0 Å². The van der Waals surface area contributed by atoms with Crippen LogP contribution < -0.4 is 0 Å². The minimum absolute atomic E-state index is 4.10. The van der Waals surface area contributed by atoms with Crippen LogP contribution >= 0.6 is 23.2 Å². The second-order valence-electron chi connectivity index (χ2n) is 6.08. The lowest BCUT2D eigenvalue weighted by Gasteiger charge is -2.74. The van der Waals surface area contributed by atoms with Gasteiger partial charge in [0.2, 0.25) is 0 Å². The van der Waals surface area contributed by atoms with Gasteiger partial charge < -0.3 is 0 Å². The summed E-state index contributed by atoms with van der Waals surface area (Å²) in [6, 6.07) is 0. The first-order valence-corrected chi connectivity index (χ1v) is 6.78. The lowest BCUT2D eigenvalue weighted by Crippen LogP contribution is -3.08. The molecule has 0 spiro atoms. The van der Waals surface area contributed by atoms with E-state index in [4.69, 9.17) is 0 Å². The Morgan fingerprint density at radius 1 is 0.308 bits per heavy atom. The van der Waals surface area contributed by atoms with E-state index in [1.807, 2.05) is 0 Å². The first-order valence-electron chi connectivity index (χ1n) is 6.02. The minimum Gasteiger partial charge on any atom is -0.227 e. The standard InChI is InChI=1S/C10Cl2F14/c11-5(17)1(13)6(12,18)3(15)8(21,22)2(5,14)9(23,24)4(16,7(1,19)20)10(3,25)26/t1?,2-,3+,4?,5-,6+. The lowest BCUT2D eigenvalue weighted by atomic mass is 9.42. The zero-order chi connectivity index (χ0) is 21.0. The van der Waals surface area contributed by atoms with E-state index in [-0.39, 0.29) is 0 Å². The molecule has 2 unspecified atom stereocenters. The van der Waals surface area contributed by atoms with Crippen LogP contribution in [-0.2, 0) is 0 Å². The van der Waals surface area contributed by atoms with E-state index < -0.39 is 56.6 Å². The van der Waals surface area contributed by atoms with Gasteiger partial charge in [0.15, 0.2) is 0 Å². The van der Waals surface area contributed by atoms with Crippen molar-refractivity contribution in [3.8, 4) is 0 Å². The molecule has 4 bridgehead atoms. The largest absolute Gasteiger partial charge is 0.337 e. The van der Waals surface area contributed by atoms with Crippen LogP contribution in [0.15, 0.2) is 0 Å². The van der Waals surface area contributed by atoms with Crippen LogP contribution in [-0.4, -0.2) is 56.6 Å². The first-order chi connectivity index (χ1) is 11.0. The molecular weight excluding hydrogens is 457 g/mol. The van der Waals surface area contributed by atoms with Gasteiger partial charge in [-0.15, -0.1) is 0 Å². The van der Waals surface area contributed by atoms with Crippen molar-refractivity contribution < 1.29 is 61.5 Å². The van der Waals surface area contributed by atoms with Gasteiger partial charge in [0, 0.05) is 0 Å². The summed E-state index contributed by atoms with van der Waals surface area (Å²) < 4.78 is 197. The molecule has 0 nitrogen and oxygen atoms in total. The summed E-state index contributed by atoms with van der Waals surface area (Å²) in [6.07, 6.45) is 0. The van der Waals surface area contributed by atoms with E-state index in [1.165, 1.54) is 0 Å². The van der Waals surface area contributed by atoms with Gasteiger partial charge in [0.1, 0.15) is 0 Å². The van der Waals surface area contributed by atoms with Gasteiger partial charge in [-0.05, 0) is 0 Å². The zero-order valence-corrected chi connectivity index (χ0v) is 12.6. The fourth-order valence-electron chi connectivity index (χ4n) is 3.79. The quantitative estimate of drug-likeness (QED) is 0.346. The molecule has 0 aliphatic heterocycles. The molecule has 26 heavy (non-hydrogen) atoms. The Hall–Kier alpha value is -0.400. The van der Waals surface area contributed by atoms with Crippen molar-refractivity contribution in [1.82, 2.24) is 0 Å². The van der Waals surface area contributed by atoms with Gasteiger partial charge in [-0.25, -0.2) is 26.3 Å². The molecule has 6 atom stereocenters. The average Bonchev–Trinajstić information content (AvgIpc) is 2.46. The van der Waals surface area contributed by atoms with Gasteiger partial charge in [-0.3, -0.25) is 0 Å². The van der Waals surface area contributed by atoms with Crippen LogP contribution in [0.2, 0.25) is 0 Å². The molecule has 4 aliphatic rings. The molecule has 0 saturated heterocycles. The minimum atomic E-state index is -7.56. The molecule has 0 amide bonds. The average molecular weight is 457 g/mol. The van der Waals surface area contributed by atoms with Crippen LogP contribution in [0.4, 0.5) is 61.5 Å². The third-order valence-electron chi connectivity index (χ3n) is 5.19. The number of rotatable bonds is 0. The maximum Gasteiger partial charge on any atom is 0.337 e. The van der Waals surface area contributed by atoms with Gasteiger partial charge in [-0.1, -0.05) is 23.2 Å². The monoisotopic (exact) mass is 456 g/mol. The predicted molar refractivity (Wildman–Crippen MR) is 54.5 cm³/mol. The fraction of sp³-hybridized carbons (Fsp3) is 1.00. The van der Waals surface area contributed by atoms with Crippen molar-refractivity contribution in [1.29, 1.82) is 0 Å². The van der Waals surface area contributed by atoms with Crippen molar-refractivity contribution >= 4 is 23.2 Å². The normalized spacial score (nSPS) is 60.9. The molecule has 0 radical (unpaired) electrons. The smallest absolute Gasteiger partial charge is 0.227 e. The maximum absolute atomic E-state index is 14.5. The third kappa shape index (κ3) is 1.04. The molecule has 0 aromatic carbocycles. The molecule has 4 aliphatic carbocycles. The summed E-state index contributed by atoms with van der Waals surface area (Å²) in [5, 5.41) is -13.4. The van der Waals surface area contributed by atoms with Crippen LogP contribution in [0.5, 0.6) is 0 Å². The molecule has 4 rings (SSSR count). The highest BCUT2D eigenvalue weighted by Crippen LogP contribution is 2.89. The predicted octanol–water partition coefficient (Wildman–Crippen LogP) is 5.21. The van der Waals surface area contributed by atoms with Crippen molar-refractivity contribution in [2.75, 3.05) is 0 Å².